The van der Waals surface area contributed by atoms with Crippen molar-refractivity contribution < 1.29 is 4.79 Å². The number of carbonyl (C=O) groups is 1. The standard InChI is InChI=1S/C12H16N2O/c1-10-5-6-13-11(8-10)12-4-2-3-7-14(12)9-15/h5-6,8-9,12H,2-4,7H2,1H3/t12-/m1/s1. The lowest BCUT2D eigenvalue weighted by Crippen LogP contribution is -2.32. The Morgan fingerprint density at radius 3 is 3.13 bits per heavy atom. The van der Waals surface area contributed by atoms with Crippen molar-refractivity contribution in [2.75, 3.05) is 6.54 Å². The van der Waals surface area contributed by atoms with Gasteiger partial charge in [0.15, 0.2) is 0 Å². The minimum Gasteiger partial charge on any atom is -0.337 e. The number of likely N-dealkylation sites (tertiary alicyclic amines) is 1. The summed E-state index contributed by atoms with van der Waals surface area (Å²) in [5.41, 5.74) is 2.23. The van der Waals surface area contributed by atoms with Gasteiger partial charge in [0.05, 0.1) is 11.7 Å². The number of amides is 1. The van der Waals surface area contributed by atoms with Gasteiger partial charge in [-0.2, -0.15) is 0 Å². The zero-order chi connectivity index (χ0) is 10.7. The van der Waals surface area contributed by atoms with Crippen molar-refractivity contribution in [3.05, 3.63) is 29.6 Å². The summed E-state index contributed by atoms with van der Waals surface area (Å²) < 4.78 is 0. The molecule has 1 atom stereocenters. The van der Waals surface area contributed by atoms with E-state index < -0.39 is 0 Å². The second-order valence-electron chi connectivity index (χ2n) is 4.11. The third-order valence-corrected chi connectivity index (χ3v) is 2.96. The van der Waals surface area contributed by atoms with Gasteiger partial charge in [-0.05, 0) is 43.9 Å². The fraction of sp³-hybridized carbons (Fsp3) is 0.500. The van der Waals surface area contributed by atoms with Crippen molar-refractivity contribution in [3.63, 3.8) is 0 Å². The molecular formula is C12H16N2O. The molecule has 80 valence electrons. The van der Waals surface area contributed by atoms with Gasteiger partial charge in [-0.15, -0.1) is 0 Å². The Hall–Kier alpha value is -1.38. The number of nitrogens with zero attached hydrogens (tertiary/aromatic N) is 2. The molecule has 15 heavy (non-hydrogen) atoms. The molecule has 1 aromatic rings. The largest absolute Gasteiger partial charge is 0.337 e. The van der Waals surface area contributed by atoms with E-state index in [1.807, 2.05) is 17.2 Å². The van der Waals surface area contributed by atoms with E-state index in [9.17, 15) is 4.79 Å². The number of carbonyl (C=O) groups excluding carboxylic acids is 1. The maximum Gasteiger partial charge on any atom is 0.210 e. The number of aromatic nitrogens is 1. The van der Waals surface area contributed by atoms with Gasteiger partial charge < -0.3 is 4.90 Å². The van der Waals surface area contributed by atoms with Gasteiger partial charge >= 0.3 is 0 Å². The maximum atomic E-state index is 10.9. The molecular weight excluding hydrogens is 188 g/mol. The molecule has 0 spiro atoms. The minimum atomic E-state index is 0.191. The second kappa shape index (κ2) is 4.43. The van der Waals surface area contributed by atoms with Crippen LogP contribution in [0.2, 0.25) is 0 Å². The van der Waals surface area contributed by atoms with Crippen molar-refractivity contribution in [2.24, 2.45) is 0 Å². The highest BCUT2D eigenvalue weighted by molar-refractivity contribution is 5.48. The van der Waals surface area contributed by atoms with Crippen LogP contribution in [0.15, 0.2) is 18.3 Å². The van der Waals surface area contributed by atoms with E-state index in [2.05, 4.69) is 18.0 Å². The van der Waals surface area contributed by atoms with Crippen molar-refractivity contribution in [2.45, 2.75) is 32.2 Å². The topological polar surface area (TPSA) is 33.2 Å². The second-order valence-corrected chi connectivity index (χ2v) is 4.11. The fourth-order valence-corrected chi connectivity index (χ4v) is 2.14. The van der Waals surface area contributed by atoms with E-state index >= 15 is 0 Å². The van der Waals surface area contributed by atoms with Gasteiger partial charge in [-0.1, -0.05) is 0 Å². The summed E-state index contributed by atoms with van der Waals surface area (Å²) in [5, 5.41) is 0. The molecule has 0 aromatic carbocycles. The Balaban J connectivity index is 2.23. The van der Waals surface area contributed by atoms with Crippen LogP contribution in [0.3, 0.4) is 0 Å². The summed E-state index contributed by atoms with van der Waals surface area (Å²) in [7, 11) is 0. The average molecular weight is 204 g/mol. The van der Waals surface area contributed by atoms with Crippen LogP contribution < -0.4 is 0 Å². The highest BCUT2D eigenvalue weighted by Gasteiger charge is 2.23. The molecule has 2 rings (SSSR count). The van der Waals surface area contributed by atoms with Gasteiger partial charge in [0.2, 0.25) is 6.41 Å². The molecule has 2 heterocycles. The van der Waals surface area contributed by atoms with Gasteiger partial charge in [-0.25, -0.2) is 0 Å². The molecule has 0 unspecified atom stereocenters. The molecule has 3 heteroatoms. The van der Waals surface area contributed by atoms with Gasteiger partial charge in [0, 0.05) is 12.7 Å². The van der Waals surface area contributed by atoms with Crippen LogP contribution in [0.25, 0.3) is 0 Å². The maximum absolute atomic E-state index is 10.9. The predicted molar refractivity (Wildman–Crippen MR) is 58.3 cm³/mol. The zero-order valence-corrected chi connectivity index (χ0v) is 9.02. The molecule has 0 saturated carbocycles. The Bertz CT molecular complexity index is 351. The minimum absolute atomic E-state index is 0.191. The van der Waals surface area contributed by atoms with E-state index in [0.29, 0.717) is 0 Å². The molecule has 1 saturated heterocycles. The normalized spacial score (nSPS) is 21.4. The molecule has 0 radical (unpaired) electrons. The van der Waals surface area contributed by atoms with Crippen molar-refractivity contribution >= 4 is 6.41 Å². The van der Waals surface area contributed by atoms with Crippen molar-refractivity contribution in [1.82, 2.24) is 9.88 Å². The molecule has 0 N–H and O–H groups in total. The third-order valence-electron chi connectivity index (χ3n) is 2.96. The number of piperidine rings is 1. The van der Waals surface area contributed by atoms with Crippen LogP contribution in [0.5, 0.6) is 0 Å². The molecule has 3 nitrogen and oxygen atoms in total. The number of aryl methyl sites for hydroxylation is 1. The summed E-state index contributed by atoms with van der Waals surface area (Å²) in [6.45, 7) is 2.92. The summed E-state index contributed by atoms with van der Waals surface area (Å²) >= 11 is 0. The molecule has 1 aliphatic heterocycles. The van der Waals surface area contributed by atoms with Crippen LogP contribution in [-0.2, 0) is 4.79 Å². The van der Waals surface area contributed by atoms with E-state index in [-0.39, 0.29) is 6.04 Å². The van der Waals surface area contributed by atoms with Crippen LogP contribution in [-0.4, -0.2) is 22.8 Å². The first kappa shape index (κ1) is 10.1. The first-order valence-electron chi connectivity index (χ1n) is 5.45. The fourth-order valence-electron chi connectivity index (χ4n) is 2.14. The molecule has 1 aliphatic rings. The first-order valence-corrected chi connectivity index (χ1v) is 5.45. The lowest BCUT2D eigenvalue weighted by atomic mass is 9.99. The summed E-state index contributed by atoms with van der Waals surface area (Å²) in [6, 6.07) is 4.25. The average Bonchev–Trinajstić information content (AvgIpc) is 2.29. The van der Waals surface area contributed by atoms with E-state index in [1.165, 1.54) is 12.0 Å². The van der Waals surface area contributed by atoms with Gasteiger partial charge in [-0.3, -0.25) is 9.78 Å². The molecule has 1 fully saturated rings. The number of hydrogen-bond acceptors (Lipinski definition) is 2. The lowest BCUT2D eigenvalue weighted by molar-refractivity contribution is -0.121. The summed E-state index contributed by atoms with van der Waals surface area (Å²) in [5.74, 6) is 0. The van der Waals surface area contributed by atoms with Crippen LogP contribution in [0.4, 0.5) is 0 Å². The highest BCUT2D eigenvalue weighted by atomic mass is 16.1. The van der Waals surface area contributed by atoms with E-state index in [0.717, 1.165) is 31.5 Å². The van der Waals surface area contributed by atoms with Crippen LogP contribution in [0.1, 0.15) is 36.6 Å². The Labute approximate surface area is 90.1 Å². The quantitative estimate of drug-likeness (QED) is 0.691. The van der Waals surface area contributed by atoms with Crippen molar-refractivity contribution in [1.29, 1.82) is 0 Å². The van der Waals surface area contributed by atoms with Crippen molar-refractivity contribution in [3.8, 4) is 0 Å². The SMILES string of the molecule is Cc1ccnc([C@H]2CCCCN2C=O)c1. The summed E-state index contributed by atoms with van der Waals surface area (Å²) in [4.78, 5) is 17.2. The predicted octanol–water partition coefficient (Wildman–Crippen LogP) is 2.07. The third kappa shape index (κ3) is 2.17. The van der Waals surface area contributed by atoms with E-state index in [1.54, 1.807) is 0 Å². The number of pyridine rings is 1. The zero-order valence-electron chi connectivity index (χ0n) is 9.02. The number of rotatable bonds is 2. The Morgan fingerprint density at radius 2 is 2.40 bits per heavy atom. The molecule has 0 bridgehead atoms. The smallest absolute Gasteiger partial charge is 0.210 e. The lowest BCUT2D eigenvalue weighted by Gasteiger charge is -2.32. The van der Waals surface area contributed by atoms with E-state index in [4.69, 9.17) is 0 Å². The molecule has 1 amide bonds. The van der Waals surface area contributed by atoms with Crippen LogP contribution >= 0.6 is 0 Å². The van der Waals surface area contributed by atoms with Crippen LogP contribution in [0, 0.1) is 6.92 Å². The Morgan fingerprint density at radius 1 is 1.53 bits per heavy atom. The monoisotopic (exact) mass is 204 g/mol. The Kier molecular flexibility index (Phi) is 2.99. The molecule has 0 aliphatic carbocycles. The first-order chi connectivity index (χ1) is 7.31. The number of hydrogen-bond donors (Lipinski definition) is 0. The molecule has 1 aromatic heterocycles. The highest BCUT2D eigenvalue weighted by Crippen LogP contribution is 2.28. The van der Waals surface area contributed by atoms with Gasteiger partial charge in [0.25, 0.3) is 0 Å². The summed E-state index contributed by atoms with van der Waals surface area (Å²) in [6.07, 6.45) is 6.11. The van der Waals surface area contributed by atoms with Gasteiger partial charge in [0.1, 0.15) is 0 Å².